The summed E-state index contributed by atoms with van der Waals surface area (Å²) in [5, 5.41) is 11.3. The van der Waals surface area contributed by atoms with E-state index >= 15 is 0 Å². The van der Waals surface area contributed by atoms with Crippen molar-refractivity contribution in [3.63, 3.8) is 0 Å². The van der Waals surface area contributed by atoms with Crippen LogP contribution in [0.4, 0.5) is 0 Å². The minimum atomic E-state index is -0.973. The Morgan fingerprint density at radius 1 is 1.40 bits per heavy atom. The van der Waals surface area contributed by atoms with Gasteiger partial charge < -0.3 is 5.11 Å². The molecule has 106 valence electrons. The van der Waals surface area contributed by atoms with Gasteiger partial charge in [-0.3, -0.25) is 0 Å². The Labute approximate surface area is 127 Å². The van der Waals surface area contributed by atoms with Crippen molar-refractivity contribution in [2.75, 3.05) is 5.75 Å². The third-order valence-electron chi connectivity index (χ3n) is 2.68. The van der Waals surface area contributed by atoms with Crippen LogP contribution >= 0.6 is 23.1 Å². The van der Waals surface area contributed by atoms with Gasteiger partial charge in [0, 0.05) is 16.7 Å². The van der Waals surface area contributed by atoms with Crippen LogP contribution in [-0.2, 0) is 5.75 Å². The molecule has 0 unspecified atom stereocenters. The molecule has 0 amide bonds. The van der Waals surface area contributed by atoms with E-state index in [1.54, 1.807) is 5.38 Å². The number of hydrogen-bond acceptors (Lipinski definition) is 4. The highest BCUT2D eigenvalue weighted by Gasteiger charge is 2.12. The number of nitrogens with zero attached hydrogens (tertiary/aromatic N) is 1. The van der Waals surface area contributed by atoms with E-state index in [-0.39, 0.29) is 5.69 Å². The highest BCUT2D eigenvalue weighted by molar-refractivity contribution is 7.98. The highest BCUT2D eigenvalue weighted by atomic mass is 32.2. The fourth-order valence-corrected chi connectivity index (χ4v) is 3.67. The molecule has 2 aromatic rings. The molecule has 0 aliphatic heterocycles. The van der Waals surface area contributed by atoms with E-state index in [1.165, 1.54) is 16.9 Å². The number of thioether (sulfide) groups is 1. The van der Waals surface area contributed by atoms with E-state index in [1.807, 2.05) is 30.0 Å². The predicted molar refractivity (Wildman–Crippen MR) is 85.5 cm³/mol. The zero-order valence-electron chi connectivity index (χ0n) is 11.5. The van der Waals surface area contributed by atoms with Gasteiger partial charge in [-0.15, -0.1) is 11.3 Å². The summed E-state index contributed by atoms with van der Waals surface area (Å²) < 4.78 is 0. The zero-order chi connectivity index (χ0) is 14.5. The fraction of sp³-hybridized carbons (Fsp3) is 0.333. The molecular formula is C15H17NO2S2. The lowest BCUT2D eigenvalue weighted by Gasteiger charge is -2.08. The van der Waals surface area contributed by atoms with E-state index < -0.39 is 5.97 Å². The Morgan fingerprint density at radius 2 is 2.15 bits per heavy atom. The maximum absolute atomic E-state index is 10.9. The van der Waals surface area contributed by atoms with Crippen LogP contribution in [0.3, 0.4) is 0 Å². The molecule has 0 fully saturated rings. The summed E-state index contributed by atoms with van der Waals surface area (Å²) in [6.45, 7) is 4.41. The lowest BCUT2D eigenvalue weighted by molar-refractivity contribution is 0.0691. The number of aromatic carboxylic acids is 1. The molecule has 3 nitrogen and oxygen atoms in total. The molecule has 2 rings (SSSR count). The molecule has 0 aliphatic carbocycles. The van der Waals surface area contributed by atoms with Crippen molar-refractivity contribution in [3.8, 4) is 10.6 Å². The van der Waals surface area contributed by atoms with Crippen molar-refractivity contribution in [3.05, 3.63) is 40.9 Å². The van der Waals surface area contributed by atoms with Crippen LogP contribution in [0.25, 0.3) is 10.6 Å². The molecule has 1 heterocycles. The Kier molecular flexibility index (Phi) is 5.20. The number of carboxylic acids is 1. The number of thiazole rings is 1. The maximum atomic E-state index is 10.9. The number of carboxylic acid groups (broad SMARTS) is 1. The summed E-state index contributed by atoms with van der Waals surface area (Å²) in [6, 6.07) is 8.08. The molecule has 0 saturated heterocycles. The van der Waals surface area contributed by atoms with Crippen LogP contribution in [0.5, 0.6) is 0 Å². The van der Waals surface area contributed by atoms with Gasteiger partial charge >= 0.3 is 5.97 Å². The van der Waals surface area contributed by atoms with Crippen LogP contribution in [0.15, 0.2) is 29.6 Å². The van der Waals surface area contributed by atoms with Crippen LogP contribution in [0, 0.1) is 5.92 Å². The van der Waals surface area contributed by atoms with E-state index in [9.17, 15) is 4.79 Å². The number of aromatic nitrogens is 1. The third-order valence-corrected chi connectivity index (χ3v) is 4.97. The van der Waals surface area contributed by atoms with E-state index in [0.29, 0.717) is 5.92 Å². The van der Waals surface area contributed by atoms with Gasteiger partial charge in [-0.25, -0.2) is 9.78 Å². The Balaban J connectivity index is 2.20. The summed E-state index contributed by atoms with van der Waals surface area (Å²) in [7, 11) is 0. The molecule has 20 heavy (non-hydrogen) atoms. The smallest absolute Gasteiger partial charge is 0.355 e. The minimum Gasteiger partial charge on any atom is -0.476 e. The number of rotatable bonds is 6. The van der Waals surface area contributed by atoms with E-state index in [2.05, 4.69) is 24.9 Å². The zero-order valence-corrected chi connectivity index (χ0v) is 13.1. The molecule has 0 saturated carbocycles. The van der Waals surface area contributed by atoms with Gasteiger partial charge in [0.2, 0.25) is 0 Å². The van der Waals surface area contributed by atoms with Crippen molar-refractivity contribution < 1.29 is 9.90 Å². The molecule has 1 N–H and O–H groups in total. The summed E-state index contributed by atoms with van der Waals surface area (Å²) in [5.41, 5.74) is 2.38. The quantitative estimate of drug-likeness (QED) is 0.859. The number of benzene rings is 1. The van der Waals surface area contributed by atoms with Crippen molar-refractivity contribution in [2.45, 2.75) is 19.6 Å². The Hall–Kier alpha value is -1.33. The first-order valence-electron chi connectivity index (χ1n) is 6.42. The van der Waals surface area contributed by atoms with Gasteiger partial charge in [0.05, 0.1) is 0 Å². The molecule has 5 heteroatoms. The summed E-state index contributed by atoms with van der Waals surface area (Å²) in [6.07, 6.45) is 0. The average Bonchev–Trinajstić information content (AvgIpc) is 2.88. The predicted octanol–water partition coefficient (Wildman–Crippen LogP) is 4.40. The van der Waals surface area contributed by atoms with Crippen LogP contribution in [0.1, 0.15) is 29.9 Å². The second-order valence-electron chi connectivity index (χ2n) is 4.91. The van der Waals surface area contributed by atoms with Gasteiger partial charge in [0.15, 0.2) is 5.69 Å². The Bertz CT molecular complexity index is 593. The van der Waals surface area contributed by atoms with Crippen molar-refractivity contribution >= 4 is 29.1 Å². The first kappa shape index (κ1) is 15.1. The second kappa shape index (κ2) is 6.90. The molecule has 1 aromatic carbocycles. The minimum absolute atomic E-state index is 0.120. The largest absolute Gasteiger partial charge is 0.476 e. The molecule has 1 aromatic heterocycles. The summed E-state index contributed by atoms with van der Waals surface area (Å²) in [4.78, 5) is 15.1. The van der Waals surface area contributed by atoms with E-state index in [0.717, 1.165) is 22.1 Å². The fourth-order valence-electron chi connectivity index (χ4n) is 1.76. The summed E-state index contributed by atoms with van der Waals surface area (Å²) in [5.74, 6) is 1.74. The topological polar surface area (TPSA) is 50.2 Å². The van der Waals surface area contributed by atoms with Crippen molar-refractivity contribution in [1.82, 2.24) is 4.98 Å². The molecule has 0 atom stereocenters. The van der Waals surface area contributed by atoms with Crippen LogP contribution < -0.4 is 0 Å². The van der Waals surface area contributed by atoms with Gasteiger partial charge in [-0.1, -0.05) is 38.1 Å². The van der Waals surface area contributed by atoms with Gasteiger partial charge in [-0.05, 0) is 17.2 Å². The maximum Gasteiger partial charge on any atom is 0.355 e. The van der Waals surface area contributed by atoms with Crippen LogP contribution in [0.2, 0.25) is 0 Å². The SMILES string of the molecule is CC(C)CSCc1ccccc1-c1nc(C(=O)O)cs1. The van der Waals surface area contributed by atoms with Gasteiger partial charge in [-0.2, -0.15) is 11.8 Å². The van der Waals surface area contributed by atoms with Gasteiger partial charge in [0.1, 0.15) is 5.01 Å². The highest BCUT2D eigenvalue weighted by Crippen LogP contribution is 2.29. The third kappa shape index (κ3) is 3.84. The van der Waals surface area contributed by atoms with Crippen LogP contribution in [-0.4, -0.2) is 21.8 Å². The summed E-state index contributed by atoms with van der Waals surface area (Å²) >= 11 is 3.28. The van der Waals surface area contributed by atoms with Crippen molar-refractivity contribution in [2.24, 2.45) is 5.92 Å². The lowest BCUT2D eigenvalue weighted by atomic mass is 10.1. The first-order chi connectivity index (χ1) is 9.58. The molecular weight excluding hydrogens is 290 g/mol. The Morgan fingerprint density at radius 3 is 2.80 bits per heavy atom. The number of hydrogen-bond donors (Lipinski definition) is 1. The second-order valence-corrected chi connectivity index (χ2v) is 6.80. The lowest BCUT2D eigenvalue weighted by Crippen LogP contribution is -1.96. The first-order valence-corrected chi connectivity index (χ1v) is 8.46. The van der Waals surface area contributed by atoms with E-state index in [4.69, 9.17) is 5.11 Å². The normalized spacial score (nSPS) is 10.9. The molecule has 0 radical (unpaired) electrons. The molecule has 0 aliphatic rings. The average molecular weight is 307 g/mol. The van der Waals surface area contributed by atoms with Crippen molar-refractivity contribution in [1.29, 1.82) is 0 Å². The molecule has 0 spiro atoms. The monoisotopic (exact) mass is 307 g/mol. The molecule has 0 bridgehead atoms. The van der Waals surface area contributed by atoms with Gasteiger partial charge in [0.25, 0.3) is 0 Å². The standard InChI is InChI=1S/C15H17NO2S2/c1-10(2)7-19-8-11-5-3-4-6-12(11)14-16-13(9-20-14)15(17)18/h3-6,9-10H,7-8H2,1-2H3,(H,17,18). The number of carbonyl (C=O) groups is 1.